The van der Waals surface area contributed by atoms with Gasteiger partial charge in [0.25, 0.3) is 0 Å². The molecule has 0 aromatic heterocycles. The van der Waals surface area contributed by atoms with Crippen LogP contribution in [0.3, 0.4) is 0 Å². The molecule has 0 bridgehead atoms. The molecule has 0 spiro atoms. The monoisotopic (exact) mass is 272 g/mol. The van der Waals surface area contributed by atoms with E-state index in [1.807, 2.05) is 0 Å². The molecule has 0 aliphatic carbocycles. The van der Waals surface area contributed by atoms with Crippen molar-refractivity contribution in [2.45, 2.75) is 64.3 Å². The molecule has 2 atom stereocenters. The second kappa shape index (κ2) is 7.53. The van der Waals surface area contributed by atoms with Crippen LogP contribution in [0.2, 0.25) is 25.0 Å². The summed E-state index contributed by atoms with van der Waals surface area (Å²) in [4.78, 5) is 0. The van der Waals surface area contributed by atoms with Crippen molar-refractivity contribution in [3.63, 3.8) is 0 Å². The summed E-state index contributed by atoms with van der Waals surface area (Å²) < 4.78 is 15.0. The van der Waals surface area contributed by atoms with E-state index in [9.17, 15) is 0 Å². The van der Waals surface area contributed by atoms with Crippen LogP contribution in [-0.2, 0) is 9.13 Å². The molecule has 0 radical (unpaired) electrons. The van der Waals surface area contributed by atoms with Crippen LogP contribution in [-0.4, -0.2) is 45.9 Å². The molecular formula is C12H27BNO3Si-. The van der Waals surface area contributed by atoms with Crippen molar-refractivity contribution < 1.29 is 14.2 Å². The molecule has 0 aromatic rings. The number of nitrogens with zero attached hydrogens (tertiary/aromatic N) is 1. The van der Waals surface area contributed by atoms with E-state index in [0.717, 1.165) is 20.1 Å². The van der Waals surface area contributed by atoms with Gasteiger partial charge in [0, 0.05) is 12.7 Å². The summed E-state index contributed by atoms with van der Waals surface area (Å²) in [7, 11) is -0.904. The molecule has 1 rings (SSSR count). The van der Waals surface area contributed by atoms with Gasteiger partial charge < -0.3 is 14.8 Å². The van der Waals surface area contributed by atoms with Crippen LogP contribution in [0.5, 0.6) is 0 Å². The standard InChI is InChI=1S/C11H24NO2Si.CH3BO/c1-11(2,3)15(4,5)14-10-6-9(8-13)12-7-10;1-2-3/h9-10,13H,6-8H2,1-5H3;1H3/q-1;/t9-,10-;/m0./s1. The third-order valence-electron chi connectivity index (χ3n) is 3.58. The van der Waals surface area contributed by atoms with Gasteiger partial charge in [-0.1, -0.05) is 20.8 Å². The SMILES string of the molecule is CB=O.CC(C)(C)[Si](C)(C)O[C@@H]1C[N-][C@H](CO)C1. The molecule has 0 aromatic carbocycles. The Labute approximate surface area is 113 Å². The summed E-state index contributed by atoms with van der Waals surface area (Å²) in [5.41, 5.74) is 0. The smallest absolute Gasteiger partial charge is 0.192 e. The fraction of sp³-hybridized carbons (Fsp3) is 1.00. The van der Waals surface area contributed by atoms with Crippen molar-refractivity contribution in [3.8, 4) is 0 Å². The van der Waals surface area contributed by atoms with E-state index in [1.165, 1.54) is 6.82 Å². The number of aliphatic hydroxyl groups excluding tert-OH is 1. The van der Waals surface area contributed by atoms with Crippen LogP contribution >= 0.6 is 0 Å². The zero-order valence-electron chi connectivity index (χ0n) is 12.6. The van der Waals surface area contributed by atoms with Gasteiger partial charge in [0.15, 0.2) is 8.32 Å². The molecule has 18 heavy (non-hydrogen) atoms. The average molecular weight is 272 g/mol. The minimum atomic E-state index is -1.65. The summed E-state index contributed by atoms with van der Waals surface area (Å²) in [6.07, 6.45) is 1.13. The molecule has 1 aliphatic heterocycles. The summed E-state index contributed by atoms with van der Waals surface area (Å²) >= 11 is 0. The van der Waals surface area contributed by atoms with Gasteiger partial charge in [-0.25, -0.2) is 0 Å². The van der Waals surface area contributed by atoms with E-state index in [-0.39, 0.29) is 23.8 Å². The van der Waals surface area contributed by atoms with Gasteiger partial charge in [0.2, 0.25) is 0 Å². The molecular weight excluding hydrogens is 245 g/mol. The molecule has 0 unspecified atom stereocenters. The van der Waals surface area contributed by atoms with E-state index in [4.69, 9.17) is 14.2 Å². The molecule has 0 saturated carbocycles. The van der Waals surface area contributed by atoms with E-state index >= 15 is 0 Å². The first kappa shape index (κ1) is 18.0. The first-order valence-electron chi connectivity index (χ1n) is 6.53. The molecule has 6 heteroatoms. The Morgan fingerprint density at radius 2 is 1.94 bits per heavy atom. The van der Waals surface area contributed by atoms with Gasteiger partial charge in [0.1, 0.15) is 0 Å². The minimum Gasteiger partial charge on any atom is -0.656 e. The maximum atomic E-state index is 9.00. The normalized spacial score (nSPS) is 24.2. The summed E-state index contributed by atoms with van der Waals surface area (Å²) in [6.45, 7) is 13.6. The van der Waals surface area contributed by atoms with Crippen molar-refractivity contribution in [1.82, 2.24) is 0 Å². The van der Waals surface area contributed by atoms with E-state index in [0.29, 0.717) is 0 Å². The summed E-state index contributed by atoms with van der Waals surface area (Å²) in [5, 5.41) is 13.6. The fourth-order valence-electron chi connectivity index (χ4n) is 1.53. The number of aliphatic hydroxyl groups is 1. The van der Waals surface area contributed by atoms with Crippen LogP contribution in [0.15, 0.2) is 0 Å². The van der Waals surface area contributed by atoms with Crippen LogP contribution < -0.4 is 0 Å². The van der Waals surface area contributed by atoms with Crippen molar-refractivity contribution in [2.24, 2.45) is 0 Å². The Hall–Kier alpha value is -0.0382. The first-order chi connectivity index (χ1) is 8.17. The van der Waals surface area contributed by atoms with Gasteiger partial charge in [-0.15, -0.1) is 12.6 Å². The first-order valence-corrected chi connectivity index (χ1v) is 9.43. The Morgan fingerprint density at radius 3 is 2.28 bits per heavy atom. The third kappa shape index (κ3) is 5.73. The average Bonchev–Trinajstić information content (AvgIpc) is 2.64. The van der Waals surface area contributed by atoms with Gasteiger partial charge in [-0.05, 0) is 24.6 Å². The largest absolute Gasteiger partial charge is 0.656 e. The van der Waals surface area contributed by atoms with Crippen LogP contribution in [0, 0.1) is 0 Å². The fourth-order valence-corrected chi connectivity index (χ4v) is 2.89. The van der Waals surface area contributed by atoms with E-state index in [2.05, 4.69) is 39.2 Å². The molecule has 0 amide bonds. The maximum Gasteiger partial charge on any atom is 0.192 e. The molecule has 1 N–H and O–H groups in total. The van der Waals surface area contributed by atoms with Gasteiger partial charge in [-0.2, -0.15) is 0 Å². The molecule has 1 saturated heterocycles. The van der Waals surface area contributed by atoms with Crippen molar-refractivity contribution in [3.05, 3.63) is 5.32 Å². The van der Waals surface area contributed by atoms with Crippen molar-refractivity contribution in [2.75, 3.05) is 13.2 Å². The number of hydrogen-bond donors (Lipinski definition) is 1. The zero-order chi connectivity index (χ0) is 14.4. The molecule has 1 heterocycles. The van der Waals surface area contributed by atoms with Crippen LogP contribution in [0.25, 0.3) is 5.32 Å². The zero-order valence-corrected chi connectivity index (χ0v) is 13.6. The third-order valence-corrected chi connectivity index (χ3v) is 8.12. The Kier molecular flexibility index (Phi) is 7.51. The predicted molar refractivity (Wildman–Crippen MR) is 78.1 cm³/mol. The maximum absolute atomic E-state index is 9.00. The van der Waals surface area contributed by atoms with Gasteiger partial charge in [-0.3, -0.25) is 0 Å². The van der Waals surface area contributed by atoms with Crippen molar-refractivity contribution >= 4 is 15.5 Å². The Balaban J connectivity index is 0.000000873. The van der Waals surface area contributed by atoms with Crippen molar-refractivity contribution in [1.29, 1.82) is 0 Å². The molecule has 1 aliphatic rings. The van der Waals surface area contributed by atoms with Gasteiger partial charge in [0.05, 0.1) is 0 Å². The summed E-state index contributed by atoms with van der Waals surface area (Å²) in [6, 6.07) is 0.111. The van der Waals surface area contributed by atoms with Crippen LogP contribution in [0.4, 0.5) is 0 Å². The second-order valence-corrected chi connectivity index (χ2v) is 10.9. The minimum absolute atomic E-state index is 0.111. The Morgan fingerprint density at radius 1 is 1.44 bits per heavy atom. The quantitative estimate of drug-likeness (QED) is 0.803. The van der Waals surface area contributed by atoms with E-state index < -0.39 is 8.32 Å². The number of hydrogen-bond acceptors (Lipinski definition) is 3. The van der Waals surface area contributed by atoms with Gasteiger partial charge >= 0.3 is 18.7 Å². The van der Waals surface area contributed by atoms with Crippen LogP contribution in [0.1, 0.15) is 27.2 Å². The predicted octanol–water partition coefficient (Wildman–Crippen LogP) is 2.60. The Bertz CT molecular complexity index is 256. The number of rotatable bonds is 3. The topological polar surface area (TPSA) is 60.6 Å². The van der Waals surface area contributed by atoms with E-state index in [1.54, 1.807) is 0 Å². The second-order valence-electron chi connectivity index (χ2n) is 6.17. The molecule has 106 valence electrons. The molecule has 1 fully saturated rings. The molecule has 4 nitrogen and oxygen atoms in total. The summed E-state index contributed by atoms with van der Waals surface area (Å²) in [5.74, 6) is 0.